The minimum Gasteiger partial charge on any atom is -0.506 e. The lowest BCUT2D eigenvalue weighted by atomic mass is 9.83. The van der Waals surface area contributed by atoms with Crippen molar-refractivity contribution in [2.24, 2.45) is 5.41 Å². The topological polar surface area (TPSA) is 125 Å². The van der Waals surface area contributed by atoms with Gasteiger partial charge in [-0.25, -0.2) is 13.8 Å². The smallest absolute Gasteiger partial charge is 0.281 e. The number of hydrogen-bond donors (Lipinski definition) is 3. The second kappa shape index (κ2) is 16.2. The number of aromatic nitrogens is 1. The molecule has 1 aliphatic heterocycles. The van der Waals surface area contributed by atoms with E-state index >= 15 is 4.39 Å². The van der Waals surface area contributed by atoms with Crippen molar-refractivity contribution in [3.63, 3.8) is 0 Å². The van der Waals surface area contributed by atoms with Gasteiger partial charge < -0.3 is 29.5 Å². The lowest BCUT2D eigenvalue weighted by Crippen LogP contribution is -2.36. The number of fused-ring (bicyclic) bond motifs is 1. The monoisotopic (exact) mass is 663 g/mol. The molecule has 1 amide bonds. The van der Waals surface area contributed by atoms with E-state index < -0.39 is 17.8 Å². The maximum absolute atomic E-state index is 16.2. The first-order valence-electron chi connectivity index (χ1n) is 15.3. The van der Waals surface area contributed by atoms with Crippen molar-refractivity contribution in [1.29, 1.82) is 0 Å². The van der Waals surface area contributed by atoms with Crippen LogP contribution in [0.4, 0.5) is 20.2 Å². The van der Waals surface area contributed by atoms with Crippen LogP contribution in [0.2, 0.25) is 0 Å². The van der Waals surface area contributed by atoms with E-state index in [9.17, 15) is 14.3 Å². The Morgan fingerprint density at radius 2 is 1.75 bits per heavy atom. The zero-order chi connectivity index (χ0) is 35.8. The van der Waals surface area contributed by atoms with Gasteiger partial charge in [0.25, 0.3) is 5.91 Å². The zero-order valence-electron chi connectivity index (χ0n) is 28.4. The zero-order valence-corrected chi connectivity index (χ0v) is 28.4. The molecular weight excluding hydrogens is 620 g/mol. The SMILES string of the molecule is C=O.CCC(C)(C)CC1=C(C)C(c2ccc(OCc3cccc(F)c3)cc2F)N(C(=O)c2nc(C)oc2C)c2cccc(O)c2N1.CO. The summed E-state index contributed by atoms with van der Waals surface area (Å²) in [7, 11) is 1.00. The summed E-state index contributed by atoms with van der Waals surface area (Å²) in [5.41, 5.74) is 3.01. The summed E-state index contributed by atoms with van der Waals surface area (Å²) in [5.74, 6) is -0.595. The van der Waals surface area contributed by atoms with Crippen LogP contribution in [-0.2, 0) is 11.4 Å². The Morgan fingerprint density at radius 3 is 2.35 bits per heavy atom. The van der Waals surface area contributed by atoms with E-state index in [0.29, 0.717) is 40.6 Å². The van der Waals surface area contributed by atoms with Gasteiger partial charge in [-0.05, 0) is 73.2 Å². The molecule has 3 aromatic carbocycles. The van der Waals surface area contributed by atoms with Gasteiger partial charge in [0, 0.05) is 31.4 Å². The van der Waals surface area contributed by atoms with E-state index in [2.05, 4.69) is 31.1 Å². The van der Waals surface area contributed by atoms with E-state index in [1.54, 1.807) is 56.3 Å². The number of halogens is 2. The van der Waals surface area contributed by atoms with Crippen molar-refractivity contribution >= 4 is 24.1 Å². The fourth-order valence-electron chi connectivity index (χ4n) is 5.44. The van der Waals surface area contributed by atoms with Crippen molar-refractivity contribution in [3.05, 3.63) is 112 Å². The Hall–Kier alpha value is -5.03. The Labute approximate surface area is 279 Å². The van der Waals surface area contributed by atoms with Crippen LogP contribution < -0.4 is 15.0 Å². The van der Waals surface area contributed by atoms with Crippen molar-refractivity contribution in [3.8, 4) is 11.5 Å². The molecule has 0 aliphatic carbocycles. The fourth-order valence-corrected chi connectivity index (χ4v) is 5.44. The normalized spacial score (nSPS) is 14.0. The fraction of sp³-hybridized carbons (Fsp3) is 0.324. The van der Waals surface area contributed by atoms with Crippen LogP contribution >= 0.6 is 0 Å². The van der Waals surface area contributed by atoms with Gasteiger partial charge in [-0.15, -0.1) is 0 Å². The minimum absolute atomic E-state index is 0.0461. The number of oxazole rings is 1. The molecule has 2 heterocycles. The summed E-state index contributed by atoms with van der Waals surface area (Å²) in [6.45, 7) is 13.6. The minimum atomic E-state index is -0.908. The third-order valence-corrected chi connectivity index (χ3v) is 8.20. The maximum Gasteiger partial charge on any atom is 0.281 e. The number of phenolic OH excluding ortho intramolecular Hbond substituents is 1. The first-order valence-corrected chi connectivity index (χ1v) is 15.3. The number of benzene rings is 3. The Bertz CT molecular complexity index is 1770. The number of aryl methyl sites for hydroxylation is 2. The molecule has 3 N–H and O–H groups in total. The average Bonchev–Trinajstić information content (AvgIpc) is 3.36. The van der Waals surface area contributed by atoms with Crippen molar-refractivity contribution in [1.82, 2.24) is 4.98 Å². The van der Waals surface area contributed by atoms with Crippen molar-refractivity contribution in [2.45, 2.75) is 67.0 Å². The number of nitrogens with one attached hydrogen (secondary N) is 1. The second-order valence-electron chi connectivity index (χ2n) is 12.0. The van der Waals surface area contributed by atoms with Gasteiger partial charge in [0.15, 0.2) is 11.6 Å². The molecule has 11 heteroatoms. The standard InChI is InChI=1S/C35H37F2N3O4.CH4O.CH2O/c1-7-35(5,6)18-28-20(2)33(26-15-14-25(17-27(26)37)43-19-23-10-8-11-24(36)16-23)40(29-12-9-13-30(41)32(29)39-28)34(42)31-21(3)44-22(4)38-31;2*1-2/h8-17,33,39,41H,7,18-19H2,1-6H3;2H,1H3;1H2. The molecule has 0 fully saturated rings. The molecule has 1 unspecified atom stereocenters. The Kier molecular flexibility index (Phi) is 12.6. The number of carbonyl (C=O) groups is 2. The summed E-state index contributed by atoms with van der Waals surface area (Å²) in [4.78, 5) is 28.2. The molecule has 0 radical (unpaired) electrons. The number of anilines is 2. The van der Waals surface area contributed by atoms with E-state index in [0.717, 1.165) is 19.2 Å². The number of aromatic hydroxyl groups is 1. The Balaban J connectivity index is 0.00000151. The number of rotatable bonds is 8. The predicted molar refractivity (Wildman–Crippen MR) is 181 cm³/mol. The van der Waals surface area contributed by atoms with E-state index in [-0.39, 0.29) is 40.6 Å². The molecule has 1 aliphatic rings. The molecule has 0 saturated heterocycles. The van der Waals surface area contributed by atoms with Gasteiger partial charge >= 0.3 is 0 Å². The summed E-state index contributed by atoms with van der Waals surface area (Å²) in [6.07, 6.45) is 1.45. The Morgan fingerprint density at radius 1 is 1.06 bits per heavy atom. The van der Waals surface area contributed by atoms with Crippen LogP contribution in [0, 0.1) is 30.9 Å². The largest absolute Gasteiger partial charge is 0.506 e. The molecule has 1 atom stereocenters. The number of ether oxygens (including phenoxy) is 1. The van der Waals surface area contributed by atoms with Crippen LogP contribution in [-0.4, -0.2) is 35.0 Å². The highest BCUT2D eigenvalue weighted by Crippen LogP contribution is 2.48. The predicted octanol–water partition coefficient (Wildman–Crippen LogP) is 8.19. The molecule has 48 heavy (non-hydrogen) atoms. The second-order valence-corrected chi connectivity index (χ2v) is 12.0. The summed E-state index contributed by atoms with van der Waals surface area (Å²) < 4.78 is 41.3. The quantitative estimate of drug-likeness (QED) is 0.161. The number of allylic oxidation sites excluding steroid dienone is 1. The molecule has 0 bridgehead atoms. The van der Waals surface area contributed by atoms with Crippen LogP contribution in [0.5, 0.6) is 11.5 Å². The number of aliphatic hydroxyl groups is 1. The highest BCUT2D eigenvalue weighted by atomic mass is 19.1. The number of nitrogens with zero attached hydrogens (tertiary/aromatic N) is 2. The lowest BCUT2D eigenvalue weighted by molar-refractivity contribution is -0.0980. The molecular formula is C37H43F2N3O6. The number of hydrogen-bond acceptors (Lipinski definition) is 8. The van der Waals surface area contributed by atoms with Gasteiger partial charge in [0.2, 0.25) is 0 Å². The van der Waals surface area contributed by atoms with Gasteiger partial charge in [0.05, 0.1) is 11.7 Å². The molecule has 0 saturated carbocycles. The molecule has 0 spiro atoms. The number of para-hydroxylation sites is 1. The summed E-state index contributed by atoms with van der Waals surface area (Å²) in [6, 6.07) is 14.5. The molecule has 5 rings (SSSR count). The van der Waals surface area contributed by atoms with E-state index in [1.807, 2.05) is 13.7 Å². The number of amides is 1. The van der Waals surface area contributed by atoms with Crippen LogP contribution in [0.1, 0.15) is 79.8 Å². The number of aliphatic hydroxyl groups excluding tert-OH is 1. The third-order valence-electron chi connectivity index (χ3n) is 8.20. The first kappa shape index (κ1) is 37.4. The lowest BCUT2D eigenvalue weighted by Gasteiger charge is -2.33. The van der Waals surface area contributed by atoms with Gasteiger partial charge in [-0.1, -0.05) is 45.4 Å². The van der Waals surface area contributed by atoms with Gasteiger partial charge in [0.1, 0.15) is 48.0 Å². The third kappa shape index (κ3) is 8.27. The van der Waals surface area contributed by atoms with Crippen LogP contribution in [0.3, 0.4) is 0 Å². The first-order chi connectivity index (χ1) is 22.9. The summed E-state index contributed by atoms with van der Waals surface area (Å²) in [5, 5.41) is 21.4. The highest BCUT2D eigenvalue weighted by molar-refractivity contribution is 6.09. The molecule has 1 aromatic heterocycles. The summed E-state index contributed by atoms with van der Waals surface area (Å²) >= 11 is 0. The molecule has 256 valence electrons. The maximum atomic E-state index is 16.2. The molecule has 4 aromatic rings. The van der Waals surface area contributed by atoms with E-state index in [1.165, 1.54) is 23.1 Å². The van der Waals surface area contributed by atoms with Gasteiger partial charge in [-0.2, -0.15) is 0 Å². The van der Waals surface area contributed by atoms with Crippen LogP contribution in [0.15, 0.2) is 76.4 Å². The van der Waals surface area contributed by atoms with Crippen molar-refractivity contribution < 1.29 is 37.7 Å². The number of carbonyl (C=O) groups excluding carboxylic acids is 2. The van der Waals surface area contributed by atoms with Crippen molar-refractivity contribution in [2.75, 3.05) is 17.3 Å². The average molecular weight is 664 g/mol. The van der Waals surface area contributed by atoms with Crippen LogP contribution in [0.25, 0.3) is 0 Å². The van der Waals surface area contributed by atoms with Gasteiger partial charge in [-0.3, -0.25) is 9.69 Å². The number of phenols is 1. The molecule has 9 nitrogen and oxygen atoms in total. The van der Waals surface area contributed by atoms with E-state index in [4.69, 9.17) is 19.1 Å². The highest BCUT2D eigenvalue weighted by Gasteiger charge is 2.39.